The van der Waals surface area contributed by atoms with Crippen LogP contribution >= 0.6 is 0 Å². The molecule has 0 bridgehead atoms. The molecule has 3 aromatic carbocycles. The summed E-state index contributed by atoms with van der Waals surface area (Å²) in [5, 5.41) is 2.21. The van der Waals surface area contributed by atoms with Crippen LogP contribution in [-0.4, -0.2) is 14.5 Å². The summed E-state index contributed by atoms with van der Waals surface area (Å²) in [5.74, 6) is 4.30. The second kappa shape index (κ2) is 12.1. The Morgan fingerprint density at radius 1 is 0.846 bits per heavy atom. The normalized spacial score (nSPS) is 10.7. The molecule has 0 radical (unpaired) electrons. The van der Waals surface area contributed by atoms with Gasteiger partial charge < -0.3 is 11.2 Å². The van der Waals surface area contributed by atoms with E-state index in [-0.39, 0.29) is 26.5 Å². The number of ether oxygens (including phenoxy) is 1. The molecule has 6 rings (SSSR count). The zero-order valence-electron chi connectivity index (χ0n) is 22.0. The Hall–Kier alpha value is -4.19. The molecule has 6 aromatic rings. The minimum Gasteiger partial charge on any atom is -0.466 e. The maximum Gasteiger partial charge on any atom is 2.00 e. The Bertz CT molecular complexity index is 1730. The van der Waals surface area contributed by atoms with Crippen LogP contribution in [0.3, 0.4) is 0 Å². The molecule has 0 spiro atoms. The third-order valence-corrected chi connectivity index (χ3v) is 6.15. The number of rotatable bonds is 3. The van der Waals surface area contributed by atoms with E-state index in [1.165, 1.54) is 5.56 Å². The minimum absolute atomic E-state index is 0. The van der Waals surface area contributed by atoms with Gasteiger partial charge in [0.2, 0.25) is 5.88 Å². The average molecular weight is 689 g/mol. The number of nitrogens with zero attached hydrogens (tertiary/aromatic N) is 3. The molecule has 0 aliphatic rings. The van der Waals surface area contributed by atoms with Crippen molar-refractivity contribution in [1.82, 2.24) is 14.5 Å². The van der Waals surface area contributed by atoms with Crippen molar-refractivity contribution in [2.45, 2.75) is 26.2 Å². The maximum absolute atomic E-state index is 6.69. The topological polar surface area (TPSA) is 39.9 Å². The molecule has 39 heavy (non-hydrogen) atoms. The van der Waals surface area contributed by atoms with Gasteiger partial charge in [0.05, 0.1) is 5.52 Å². The van der Waals surface area contributed by atoms with Gasteiger partial charge in [0.15, 0.2) is 5.65 Å². The van der Waals surface area contributed by atoms with Gasteiger partial charge in [-0.05, 0) is 35.2 Å². The van der Waals surface area contributed by atoms with Crippen molar-refractivity contribution in [3.63, 3.8) is 0 Å². The first-order valence-corrected chi connectivity index (χ1v) is 12.4. The van der Waals surface area contributed by atoms with Gasteiger partial charge in [0.25, 0.3) is 0 Å². The second-order valence-corrected chi connectivity index (χ2v) is 9.85. The minimum atomic E-state index is 0. The number of benzene rings is 3. The van der Waals surface area contributed by atoms with Crippen LogP contribution in [0.5, 0.6) is 11.6 Å². The third-order valence-electron chi connectivity index (χ3n) is 6.15. The average Bonchev–Trinajstić information content (AvgIpc) is 3.27. The molecule has 0 saturated carbocycles. The number of aromatic nitrogens is 3. The largest absolute Gasteiger partial charge is 2.00 e. The van der Waals surface area contributed by atoms with Crippen LogP contribution in [0.4, 0.5) is 0 Å². The van der Waals surface area contributed by atoms with Gasteiger partial charge in [-0.2, -0.15) is 23.2 Å². The van der Waals surface area contributed by atoms with Crippen LogP contribution in [0.1, 0.15) is 31.9 Å². The Balaban J connectivity index is 0.000000339. The van der Waals surface area contributed by atoms with Crippen molar-refractivity contribution in [3.8, 4) is 23.4 Å². The molecule has 4 nitrogen and oxygen atoms in total. The van der Waals surface area contributed by atoms with E-state index in [0.29, 0.717) is 11.6 Å². The number of hydrogen-bond donors (Lipinski definition) is 0. The van der Waals surface area contributed by atoms with E-state index in [9.17, 15) is 0 Å². The third kappa shape index (κ3) is 6.28. The molecule has 0 atom stereocenters. The predicted octanol–water partition coefficient (Wildman–Crippen LogP) is 8.09. The van der Waals surface area contributed by atoms with Gasteiger partial charge in [-0.25, -0.2) is 4.98 Å². The summed E-state index contributed by atoms with van der Waals surface area (Å²) in [7, 11) is 0. The number of para-hydroxylation sites is 2. The SMILES string of the molecule is CC(C)(C)c1ccnc(-n2c3ccccc3c3ccc(Oc4[c-]cccc4)nc32)c1.[C-]#Cc1ccccc1.[Pt+2]. The van der Waals surface area contributed by atoms with E-state index >= 15 is 0 Å². The van der Waals surface area contributed by atoms with Gasteiger partial charge in [0.1, 0.15) is 5.82 Å². The Labute approximate surface area is 244 Å². The summed E-state index contributed by atoms with van der Waals surface area (Å²) in [6.45, 7) is 6.62. The molecule has 194 valence electrons. The van der Waals surface area contributed by atoms with E-state index < -0.39 is 0 Å². The molecular formula is C34H27N3OPt. The molecule has 0 amide bonds. The fourth-order valence-corrected chi connectivity index (χ4v) is 4.19. The molecule has 0 saturated heterocycles. The number of hydrogen-bond acceptors (Lipinski definition) is 3. The van der Waals surface area contributed by atoms with Gasteiger partial charge in [-0.1, -0.05) is 57.2 Å². The van der Waals surface area contributed by atoms with E-state index in [2.05, 4.69) is 78.7 Å². The molecule has 0 fully saturated rings. The van der Waals surface area contributed by atoms with Crippen molar-refractivity contribution < 1.29 is 25.8 Å². The van der Waals surface area contributed by atoms with E-state index in [1.807, 2.05) is 72.9 Å². The van der Waals surface area contributed by atoms with Crippen molar-refractivity contribution in [2.24, 2.45) is 0 Å². The maximum atomic E-state index is 6.69. The zero-order valence-corrected chi connectivity index (χ0v) is 24.2. The predicted molar refractivity (Wildman–Crippen MR) is 153 cm³/mol. The second-order valence-electron chi connectivity index (χ2n) is 9.85. The zero-order chi connectivity index (χ0) is 26.5. The van der Waals surface area contributed by atoms with E-state index in [1.54, 1.807) is 0 Å². The van der Waals surface area contributed by atoms with Crippen LogP contribution in [0, 0.1) is 18.4 Å². The Kier molecular flexibility index (Phi) is 8.65. The molecule has 0 aliphatic heterocycles. The van der Waals surface area contributed by atoms with Crippen LogP contribution in [-0.2, 0) is 26.5 Å². The summed E-state index contributed by atoms with van der Waals surface area (Å²) < 4.78 is 8.06. The van der Waals surface area contributed by atoms with Gasteiger partial charge in [-0.3, -0.25) is 10.5 Å². The van der Waals surface area contributed by atoms with Crippen LogP contribution in [0.25, 0.3) is 27.8 Å². The monoisotopic (exact) mass is 688 g/mol. The van der Waals surface area contributed by atoms with Crippen molar-refractivity contribution in [2.75, 3.05) is 0 Å². The molecule has 5 heteroatoms. The summed E-state index contributed by atoms with van der Waals surface area (Å²) in [5.41, 5.74) is 3.98. The molecule has 0 aliphatic carbocycles. The smallest absolute Gasteiger partial charge is 0.466 e. The molecule has 0 unspecified atom stereocenters. The molecule has 0 N–H and O–H groups in total. The first-order valence-electron chi connectivity index (χ1n) is 12.4. The van der Waals surface area contributed by atoms with Crippen molar-refractivity contribution in [1.29, 1.82) is 0 Å². The quantitative estimate of drug-likeness (QED) is 0.140. The molecule has 3 heterocycles. The molecular weight excluding hydrogens is 661 g/mol. The number of fused-ring (bicyclic) bond motifs is 3. The fraction of sp³-hybridized carbons (Fsp3) is 0.118. The summed E-state index contributed by atoms with van der Waals surface area (Å²) >= 11 is 0. The molecule has 3 aromatic heterocycles. The van der Waals surface area contributed by atoms with E-state index in [0.717, 1.165) is 33.3 Å². The standard InChI is InChI=1S/C26H22N3O.C8H5.Pt/c1-26(2,3)18-15-16-27-23(17-18)29-22-12-8-7-11-20(22)21-13-14-24(28-25(21)29)30-19-9-5-4-6-10-19;1-2-8-6-4-3-5-7-8;/h4-9,11-17H,1-3H3;3-7H;/q2*-1;+2. The van der Waals surface area contributed by atoms with Crippen molar-refractivity contribution >= 4 is 21.9 Å². The number of pyridine rings is 2. The van der Waals surface area contributed by atoms with Crippen LogP contribution in [0.15, 0.2) is 109 Å². The van der Waals surface area contributed by atoms with E-state index in [4.69, 9.17) is 16.1 Å². The summed E-state index contributed by atoms with van der Waals surface area (Å²) in [6, 6.07) is 36.5. The first kappa shape index (κ1) is 27.8. The Morgan fingerprint density at radius 3 is 2.28 bits per heavy atom. The Morgan fingerprint density at radius 2 is 1.59 bits per heavy atom. The van der Waals surface area contributed by atoms with Gasteiger partial charge in [0, 0.05) is 28.8 Å². The van der Waals surface area contributed by atoms with Gasteiger partial charge >= 0.3 is 21.1 Å². The van der Waals surface area contributed by atoms with Crippen LogP contribution < -0.4 is 4.74 Å². The summed E-state index contributed by atoms with van der Waals surface area (Å²) in [4.78, 5) is 9.54. The summed E-state index contributed by atoms with van der Waals surface area (Å²) in [6.07, 6.45) is 8.56. The first-order chi connectivity index (χ1) is 18.4. The van der Waals surface area contributed by atoms with Crippen molar-refractivity contribution in [3.05, 3.63) is 133 Å². The van der Waals surface area contributed by atoms with Gasteiger partial charge in [-0.15, -0.1) is 29.8 Å². The fourth-order valence-electron chi connectivity index (χ4n) is 4.19. The van der Waals surface area contributed by atoms with Crippen LogP contribution in [0.2, 0.25) is 0 Å².